The third-order valence-corrected chi connectivity index (χ3v) is 11.8. The minimum atomic E-state index is 0.865. The maximum Gasteiger partial charge on any atom is 0.136 e. The lowest BCUT2D eigenvalue weighted by molar-refractivity contribution is 0.669. The van der Waals surface area contributed by atoms with Crippen LogP contribution in [-0.2, 0) is 0 Å². The number of fused-ring (bicyclic) bond motifs is 12. The normalized spacial score (nSPS) is 11.9. The summed E-state index contributed by atoms with van der Waals surface area (Å²) < 4.78 is 6.59. The third kappa shape index (κ3) is 4.94. The lowest BCUT2D eigenvalue weighted by Gasteiger charge is -2.16. The molecule has 0 aliphatic heterocycles. The van der Waals surface area contributed by atoms with Gasteiger partial charge in [-0.25, -0.2) is 4.98 Å². The molecule has 2 aromatic heterocycles. The number of rotatable bonds is 4. The SMILES string of the molecule is c1ccc(-c2c3c(cc4c(-c5ccc(-c6cccc(-c7ccc8c9ccccc9c9ccccc9c8c7)c6)cc5)nc5ccccc5c24)oc2ccccc23)cc1. The topological polar surface area (TPSA) is 26.0 Å². The summed E-state index contributed by atoms with van der Waals surface area (Å²) in [5, 5.41) is 13.4. The van der Waals surface area contributed by atoms with Crippen LogP contribution in [0.4, 0.5) is 0 Å². The predicted octanol–water partition coefficient (Wildman–Crippen LogP) is 15.4. The molecule has 0 saturated heterocycles. The highest BCUT2D eigenvalue weighted by molar-refractivity contribution is 6.28. The molecule has 0 aliphatic rings. The van der Waals surface area contributed by atoms with Gasteiger partial charge in [0.05, 0.1) is 11.2 Å². The van der Waals surface area contributed by atoms with Gasteiger partial charge in [0.1, 0.15) is 11.2 Å². The van der Waals surface area contributed by atoms with Crippen molar-refractivity contribution >= 4 is 75.9 Å². The van der Waals surface area contributed by atoms with E-state index in [-0.39, 0.29) is 0 Å². The Labute approximate surface area is 328 Å². The molecular weight excluding hydrogens is 691 g/mol. The second-order valence-electron chi connectivity index (χ2n) is 15.0. The van der Waals surface area contributed by atoms with Crippen LogP contribution in [-0.4, -0.2) is 4.98 Å². The molecule has 2 heteroatoms. The van der Waals surface area contributed by atoms with Crippen molar-refractivity contribution in [1.29, 1.82) is 0 Å². The molecule has 12 rings (SSSR count). The second-order valence-corrected chi connectivity index (χ2v) is 15.0. The van der Waals surface area contributed by atoms with E-state index >= 15 is 0 Å². The Hall–Kier alpha value is -7.55. The van der Waals surface area contributed by atoms with Crippen LogP contribution in [0.2, 0.25) is 0 Å². The number of nitrogens with zero attached hydrogens (tertiary/aromatic N) is 1. The van der Waals surface area contributed by atoms with Gasteiger partial charge in [-0.05, 0) is 90.5 Å². The summed E-state index contributed by atoms with van der Waals surface area (Å²) >= 11 is 0. The Morgan fingerprint density at radius 1 is 0.281 bits per heavy atom. The van der Waals surface area contributed by atoms with Crippen molar-refractivity contribution in [2.75, 3.05) is 0 Å². The fraction of sp³-hybridized carbons (Fsp3) is 0. The van der Waals surface area contributed by atoms with E-state index in [1.54, 1.807) is 0 Å². The number of aromatic nitrogens is 1. The molecule has 0 unspecified atom stereocenters. The Balaban J connectivity index is 1.01. The fourth-order valence-electron chi connectivity index (χ4n) is 9.22. The Morgan fingerprint density at radius 2 is 0.807 bits per heavy atom. The van der Waals surface area contributed by atoms with Crippen LogP contribution >= 0.6 is 0 Å². The summed E-state index contributed by atoms with van der Waals surface area (Å²) in [6.07, 6.45) is 0. The van der Waals surface area contributed by atoms with Crippen molar-refractivity contribution in [3.63, 3.8) is 0 Å². The van der Waals surface area contributed by atoms with Crippen LogP contribution in [0.1, 0.15) is 0 Å². The molecule has 0 aliphatic carbocycles. The molecule has 0 fully saturated rings. The average molecular weight is 724 g/mol. The van der Waals surface area contributed by atoms with Crippen molar-refractivity contribution < 1.29 is 4.42 Å². The zero-order valence-corrected chi connectivity index (χ0v) is 30.9. The number of para-hydroxylation sites is 2. The molecule has 0 atom stereocenters. The van der Waals surface area contributed by atoms with Crippen LogP contribution < -0.4 is 0 Å². The Bertz CT molecular complexity index is 3530. The van der Waals surface area contributed by atoms with Crippen LogP contribution in [0, 0.1) is 0 Å². The van der Waals surface area contributed by atoms with Gasteiger partial charge in [-0.3, -0.25) is 0 Å². The first-order chi connectivity index (χ1) is 28.3. The zero-order chi connectivity index (χ0) is 37.5. The minimum absolute atomic E-state index is 0.865. The highest BCUT2D eigenvalue weighted by Gasteiger charge is 2.21. The third-order valence-electron chi connectivity index (χ3n) is 11.8. The van der Waals surface area contributed by atoms with Gasteiger partial charge in [0.2, 0.25) is 0 Å². The van der Waals surface area contributed by atoms with Gasteiger partial charge < -0.3 is 4.42 Å². The van der Waals surface area contributed by atoms with Crippen molar-refractivity contribution in [2.45, 2.75) is 0 Å². The standard InChI is InChI=1S/C55H33NO/c1-2-13-35(14-3-1)52-53-45-21-8-10-23-49(45)56-55(48(53)33-51-54(52)46-22-9-11-24-50(46)57-51)36-27-25-34(26-28-36)37-15-12-16-38(31-37)39-29-30-44-42-19-5-4-17-40(42)41-18-6-7-20-43(41)47(44)32-39/h1-33H. The van der Waals surface area contributed by atoms with Crippen molar-refractivity contribution in [1.82, 2.24) is 4.98 Å². The lowest BCUT2D eigenvalue weighted by atomic mass is 9.89. The lowest BCUT2D eigenvalue weighted by Crippen LogP contribution is -1.93. The Morgan fingerprint density at radius 3 is 1.54 bits per heavy atom. The predicted molar refractivity (Wildman–Crippen MR) is 241 cm³/mol. The number of hydrogen-bond acceptors (Lipinski definition) is 2. The summed E-state index contributed by atoms with van der Waals surface area (Å²) in [6.45, 7) is 0. The number of benzene rings is 10. The second kappa shape index (κ2) is 12.5. The average Bonchev–Trinajstić information content (AvgIpc) is 3.66. The molecule has 0 bridgehead atoms. The summed E-state index contributed by atoms with van der Waals surface area (Å²) in [5.41, 5.74) is 11.8. The summed E-state index contributed by atoms with van der Waals surface area (Å²) in [7, 11) is 0. The maximum absolute atomic E-state index is 6.59. The molecule has 2 heterocycles. The van der Waals surface area contributed by atoms with E-state index in [0.29, 0.717) is 0 Å². The molecule has 264 valence electrons. The smallest absolute Gasteiger partial charge is 0.136 e. The molecule has 57 heavy (non-hydrogen) atoms. The first-order valence-corrected chi connectivity index (χ1v) is 19.5. The monoisotopic (exact) mass is 723 g/mol. The van der Waals surface area contributed by atoms with Crippen molar-refractivity contribution in [2.24, 2.45) is 0 Å². The number of pyridine rings is 1. The van der Waals surface area contributed by atoms with E-state index < -0.39 is 0 Å². The molecule has 0 amide bonds. The van der Waals surface area contributed by atoms with Crippen LogP contribution in [0.25, 0.3) is 121 Å². The van der Waals surface area contributed by atoms with E-state index in [9.17, 15) is 0 Å². The highest BCUT2D eigenvalue weighted by Crippen LogP contribution is 2.46. The summed E-state index contributed by atoms with van der Waals surface area (Å²) in [5.74, 6) is 0. The molecule has 0 saturated carbocycles. The quantitative estimate of drug-likeness (QED) is 0.169. The van der Waals surface area contributed by atoms with E-state index in [0.717, 1.165) is 60.6 Å². The minimum Gasteiger partial charge on any atom is -0.456 e. The van der Waals surface area contributed by atoms with Gasteiger partial charge in [0, 0.05) is 38.1 Å². The molecular formula is C55H33NO. The van der Waals surface area contributed by atoms with Gasteiger partial charge in [-0.1, -0.05) is 170 Å². The molecule has 10 aromatic carbocycles. The van der Waals surface area contributed by atoms with Gasteiger partial charge in [-0.15, -0.1) is 0 Å². The van der Waals surface area contributed by atoms with Gasteiger partial charge in [0.15, 0.2) is 0 Å². The van der Waals surface area contributed by atoms with E-state index in [1.165, 1.54) is 60.0 Å². The van der Waals surface area contributed by atoms with E-state index in [2.05, 4.69) is 194 Å². The molecule has 12 aromatic rings. The highest BCUT2D eigenvalue weighted by atomic mass is 16.3. The molecule has 0 spiro atoms. The van der Waals surface area contributed by atoms with Gasteiger partial charge in [0.25, 0.3) is 0 Å². The first-order valence-electron chi connectivity index (χ1n) is 19.5. The fourth-order valence-corrected chi connectivity index (χ4v) is 9.22. The molecule has 0 radical (unpaired) electrons. The zero-order valence-electron chi connectivity index (χ0n) is 30.9. The van der Waals surface area contributed by atoms with Gasteiger partial charge in [-0.2, -0.15) is 0 Å². The van der Waals surface area contributed by atoms with Crippen LogP contribution in [0.3, 0.4) is 0 Å². The Kier molecular flexibility index (Phi) is 6.96. The largest absolute Gasteiger partial charge is 0.456 e. The number of hydrogen-bond donors (Lipinski definition) is 0. The summed E-state index contributed by atoms with van der Waals surface area (Å²) in [4.78, 5) is 5.35. The van der Waals surface area contributed by atoms with Crippen LogP contribution in [0.5, 0.6) is 0 Å². The van der Waals surface area contributed by atoms with Crippen molar-refractivity contribution in [3.05, 3.63) is 200 Å². The van der Waals surface area contributed by atoms with Crippen LogP contribution in [0.15, 0.2) is 205 Å². The number of furan rings is 1. The van der Waals surface area contributed by atoms with E-state index in [1.807, 2.05) is 6.07 Å². The maximum atomic E-state index is 6.59. The van der Waals surface area contributed by atoms with E-state index in [4.69, 9.17) is 9.40 Å². The first kappa shape index (κ1) is 31.8. The molecule has 0 N–H and O–H groups in total. The van der Waals surface area contributed by atoms with Gasteiger partial charge >= 0.3 is 0 Å². The summed E-state index contributed by atoms with van der Waals surface area (Å²) in [6, 6.07) is 72.1. The molecule has 2 nitrogen and oxygen atoms in total. The van der Waals surface area contributed by atoms with Crippen molar-refractivity contribution in [3.8, 4) is 44.6 Å².